The minimum Gasteiger partial charge on any atom is -0.493 e. The highest BCUT2D eigenvalue weighted by Gasteiger charge is 2.27. The van der Waals surface area contributed by atoms with Crippen LogP contribution in [0, 0.1) is 11.7 Å². The van der Waals surface area contributed by atoms with Crippen molar-refractivity contribution in [3.63, 3.8) is 0 Å². The van der Waals surface area contributed by atoms with Crippen LogP contribution in [0.25, 0.3) is 0 Å². The standard InChI is InChI=1S/C25H34FN3O2/c1-19(2)18-31-24-10-6-20(7-11-24)16-27-25(30)29(23-12-14-28(3)15-13-23)17-21-4-8-22(26)9-5-21/h4-11,19,23H,12-18H2,1-3H3,(H,27,30)/i1D3,2D3,3D3,4D,5D,6D,7D,8D,9D,10D,11D,16D2,17D2,18D2,19D. The molecule has 0 bridgehead atoms. The Morgan fingerprint density at radius 2 is 1.94 bits per heavy atom. The first-order valence-corrected chi connectivity index (χ1v) is 8.93. The molecular weight excluding hydrogens is 393 g/mol. The van der Waals surface area contributed by atoms with Gasteiger partial charge in [0.05, 0.1) is 25.7 Å². The molecule has 3 rings (SSSR count). The summed E-state index contributed by atoms with van der Waals surface area (Å²) in [7, 11) is 0. The molecule has 0 aromatic heterocycles. The van der Waals surface area contributed by atoms with E-state index in [4.69, 9.17) is 37.6 Å². The van der Waals surface area contributed by atoms with Crippen molar-refractivity contribution in [3.8, 4) is 5.75 Å². The second-order valence-electron chi connectivity index (χ2n) is 6.23. The van der Waals surface area contributed by atoms with Gasteiger partial charge < -0.3 is 19.9 Å². The molecule has 1 fully saturated rings. The van der Waals surface area contributed by atoms with E-state index in [1.807, 2.05) is 0 Å². The number of benzene rings is 2. The zero-order valence-electron chi connectivity index (χ0n) is 40.0. The van der Waals surface area contributed by atoms with Gasteiger partial charge in [0.25, 0.3) is 0 Å². The number of ether oxygens (including phenoxy) is 1. The van der Waals surface area contributed by atoms with Crippen molar-refractivity contribution in [2.75, 3.05) is 26.6 Å². The Labute approximate surface area is 218 Å². The molecule has 1 aliphatic heterocycles. The number of nitrogens with zero attached hydrogens (tertiary/aromatic N) is 2. The second-order valence-corrected chi connectivity index (χ2v) is 6.23. The zero-order chi connectivity index (χ0) is 43.0. The maximum atomic E-state index is 14.4. The molecule has 2 amide bonds. The largest absolute Gasteiger partial charge is 0.493 e. The summed E-state index contributed by atoms with van der Waals surface area (Å²) in [5.74, 6) is -7.18. The number of nitrogens with one attached hydrogen (secondary N) is 1. The summed E-state index contributed by atoms with van der Waals surface area (Å²) in [6.45, 7) is -22.2. The Kier molecular flexibility index (Phi) is 2.59. The number of hydrogen-bond donors (Lipinski definition) is 1. The third-order valence-electron chi connectivity index (χ3n) is 4.03. The summed E-state index contributed by atoms with van der Waals surface area (Å²) in [5.41, 5.74) is -2.48. The molecule has 168 valence electrons. The van der Waals surface area contributed by atoms with Crippen LogP contribution in [0.4, 0.5) is 9.18 Å². The quantitative estimate of drug-likeness (QED) is 0.634. The van der Waals surface area contributed by atoms with E-state index in [9.17, 15) is 9.18 Å². The molecular formula is C25H34FN3O2. The van der Waals surface area contributed by atoms with Crippen LogP contribution in [0.1, 0.15) is 70.6 Å². The van der Waals surface area contributed by atoms with E-state index >= 15 is 0 Å². The summed E-state index contributed by atoms with van der Waals surface area (Å²) < 4.78 is 212. The van der Waals surface area contributed by atoms with E-state index in [0.29, 0.717) is 0 Å². The van der Waals surface area contributed by atoms with E-state index < -0.39 is 129 Å². The second kappa shape index (κ2) is 11.1. The number of hydrogen-bond acceptors (Lipinski definition) is 3. The van der Waals surface area contributed by atoms with Gasteiger partial charge in [0, 0.05) is 32.7 Å². The average molecular weight is 452 g/mol. The minimum atomic E-state index is -4.09. The lowest BCUT2D eigenvalue weighted by atomic mass is 10.0. The molecule has 1 N–H and O–H groups in total. The highest BCUT2D eigenvalue weighted by atomic mass is 19.1. The number of rotatable bonds is 8. The fraction of sp³-hybridized carbons (Fsp3) is 0.480. The SMILES string of the molecule is [2H]c1c([2H])c(C([2H])([2H])N(C(=O)NC([2H])([2H])c2c([2H])c([2H])c(OC([2H])([2H])C([2H])(C([2H])([2H])[2H])C([2H])([2H])[2H])c([2H])c2[2H])C2CCN(C([2H])([2H])[2H])CC2)c([2H])c([2H])c1F. The third-order valence-corrected chi connectivity index (χ3v) is 4.03. The summed E-state index contributed by atoms with van der Waals surface area (Å²) >= 11 is 0. The fourth-order valence-corrected chi connectivity index (χ4v) is 2.60. The maximum absolute atomic E-state index is 14.4. The van der Waals surface area contributed by atoms with Gasteiger partial charge >= 0.3 is 6.03 Å². The van der Waals surface area contributed by atoms with Gasteiger partial charge in [0.15, 0.2) is 0 Å². The molecule has 6 heteroatoms. The smallest absolute Gasteiger partial charge is 0.318 e. The van der Waals surface area contributed by atoms with Crippen molar-refractivity contribution in [1.29, 1.82) is 0 Å². The summed E-state index contributed by atoms with van der Waals surface area (Å²) in [6, 6.07) is -14.0. The predicted octanol–water partition coefficient (Wildman–Crippen LogP) is 4.67. The van der Waals surface area contributed by atoms with Gasteiger partial charge in [-0.05, 0) is 74.1 Å². The predicted molar refractivity (Wildman–Crippen MR) is 121 cm³/mol. The van der Waals surface area contributed by atoms with Crippen LogP contribution in [0.15, 0.2) is 48.3 Å². The lowest BCUT2D eigenvalue weighted by Gasteiger charge is -2.37. The third kappa shape index (κ3) is 7.24. The van der Waals surface area contributed by atoms with E-state index in [1.54, 1.807) is 5.32 Å². The summed E-state index contributed by atoms with van der Waals surface area (Å²) in [6.07, 6.45) is -0.673. The zero-order valence-corrected chi connectivity index (χ0v) is 16.0. The number of piperidine rings is 1. The highest BCUT2D eigenvalue weighted by molar-refractivity contribution is 5.74. The number of likely N-dealkylation sites (tertiary alicyclic amines) is 1. The topological polar surface area (TPSA) is 44.8 Å². The molecule has 0 aliphatic carbocycles. The van der Waals surface area contributed by atoms with Crippen LogP contribution in [0.3, 0.4) is 0 Å². The Morgan fingerprint density at radius 3 is 2.58 bits per heavy atom. The van der Waals surface area contributed by atoms with E-state index in [-0.39, 0.29) is 30.8 Å². The van der Waals surface area contributed by atoms with Crippen molar-refractivity contribution >= 4 is 6.03 Å². The summed E-state index contributed by atoms with van der Waals surface area (Å²) in [4.78, 5) is 15.3. The lowest BCUT2D eigenvalue weighted by Crippen LogP contribution is -2.49. The van der Waals surface area contributed by atoms with Crippen molar-refractivity contribution < 1.29 is 46.8 Å². The number of halogens is 1. The van der Waals surface area contributed by atoms with Crippen LogP contribution in [0.5, 0.6) is 5.75 Å². The summed E-state index contributed by atoms with van der Waals surface area (Å²) in [5, 5.41) is 1.70. The molecule has 1 aliphatic rings. The first kappa shape index (κ1) is 7.20. The molecule has 1 saturated heterocycles. The highest BCUT2D eigenvalue weighted by Crippen LogP contribution is 2.19. The Balaban J connectivity index is 2.19. The van der Waals surface area contributed by atoms with Crippen LogP contribution in [0.2, 0.25) is 0 Å². The molecule has 0 radical (unpaired) electrons. The van der Waals surface area contributed by atoms with Gasteiger partial charge in [-0.2, -0.15) is 0 Å². The van der Waals surface area contributed by atoms with E-state index in [0.717, 1.165) is 4.90 Å². The number of urea groups is 1. The fourth-order valence-electron chi connectivity index (χ4n) is 2.60. The first-order valence-electron chi connectivity index (χ1n) is 20.9. The Hall–Kier alpha value is -2.60. The lowest BCUT2D eigenvalue weighted by molar-refractivity contribution is 0.127. The van der Waals surface area contributed by atoms with Gasteiger partial charge in [-0.1, -0.05) is 37.9 Å². The van der Waals surface area contributed by atoms with Crippen molar-refractivity contribution in [2.45, 2.75) is 45.6 Å². The monoisotopic (exact) mass is 451 g/mol. The Morgan fingerprint density at radius 1 is 1.26 bits per heavy atom. The average Bonchev–Trinajstić information content (AvgIpc) is 3.01. The van der Waals surface area contributed by atoms with Crippen molar-refractivity contribution in [3.05, 3.63) is 65.3 Å². The van der Waals surface area contributed by atoms with Gasteiger partial charge in [0.1, 0.15) is 11.6 Å². The van der Waals surface area contributed by atoms with Crippen molar-refractivity contribution in [2.24, 2.45) is 5.89 Å². The maximum Gasteiger partial charge on any atom is 0.318 e. The van der Waals surface area contributed by atoms with Gasteiger partial charge in [-0.3, -0.25) is 0 Å². The van der Waals surface area contributed by atoms with Crippen LogP contribution in [-0.2, 0) is 13.0 Å². The van der Waals surface area contributed by atoms with Crippen molar-refractivity contribution in [1.82, 2.24) is 15.1 Å². The van der Waals surface area contributed by atoms with Gasteiger partial charge in [-0.15, -0.1) is 0 Å². The minimum absolute atomic E-state index is 0.226. The number of amides is 2. The molecule has 5 nitrogen and oxygen atoms in total. The molecule has 31 heavy (non-hydrogen) atoms. The van der Waals surface area contributed by atoms with E-state index in [1.165, 1.54) is 0 Å². The number of carbonyl (C=O) groups excluding carboxylic acids is 1. The van der Waals surface area contributed by atoms with E-state index in [2.05, 4.69) is 0 Å². The molecule has 1 heterocycles. The molecule has 0 atom stereocenters. The molecule has 0 saturated carbocycles. The number of carbonyl (C=O) groups is 1. The normalized spacial score (nSPS) is 29.3. The molecule has 2 aromatic rings. The molecule has 0 spiro atoms. The van der Waals surface area contributed by atoms with Crippen LogP contribution < -0.4 is 10.1 Å². The van der Waals surface area contributed by atoms with Gasteiger partial charge in [-0.25, -0.2) is 9.18 Å². The molecule has 0 unspecified atom stereocenters. The first-order chi connectivity index (χ1) is 24.5. The Bertz CT molecular complexity index is 1750. The van der Waals surface area contributed by atoms with Crippen LogP contribution >= 0.6 is 0 Å². The van der Waals surface area contributed by atoms with Crippen LogP contribution in [-0.4, -0.2) is 48.5 Å². The van der Waals surface area contributed by atoms with Gasteiger partial charge in [0.2, 0.25) is 0 Å². The molecule has 2 aromatic carbocycles.